The fourth-order valence-electron chi connectivity index (χ4n) is 9.72. The van der Waals surface area contributed by atoms with Gasteiger partial charge in [-0.15, -0.1) is 0 Å². The molecule has 0 amide bonds. The third kappa shape index (κ3) is 11.9. The lowest BCUT2D eigenvalue weighted by Crippen LogP contribution is -2.55. The van der Waals surface area contributed by atoms with E-state index in [1.165, 1.54) is 161 Å². The van der Waals surface area contributed by atoms with Crippen LogP contribution in [0.15, 0.2) is 0 Å². The van der Waals surface area contributed by atoms with Crippen molar-refractivity contribution in [1.82, 2.24) is 0 Å². The van der Waals surface area contributed by atoms with Crippen molar-refractivity contribution in [3.63, 3.8) is 0 Å². The molecule has 3 fully saturated rings. The number of aliphatic hydroxyl groups is 2. The minimum atomic E-state index is -0.978. The van der Waals surface area contributed by atoms with Crippen molar-refractivity contribution in [2.24, 2.45) is 29.1 Å². The highest BCUT2D eigenvalue weighted by Crippen LogP contribution is 2.58. The van der Waals surface area contributed by atoms with E-state index in [9.17, 15) is 15.0 Å². The van der Waals surface area contributed by atoms with Gasteiger partial charge < -0.3 is 14.9 Å². The Morgan fingerprint density at radius 2 is 1.07 bits per heavy atom. The van der Waals surface area contributed by atoms with Crippen LogP contribution in [0.2, 0.25) is 0 Å². The highest BCUT2D eigenvalue weighted by Gasteiger charge is 2.58. The predicted molar refractivity (Wildman–Crippen MR) is 180 cm³/mol. The first-order chi connectivity index (χ1) is 21.1. The predicted octanol–water partition coefficient (Wildman–Crippen LogP) is 10.7. The average Bonchev–Trinajstić information content (AvgIpc) is 3.06. The number of carbonyl (C=O) groups is 1. The van der Waals surface area contributed by atoms with Crippen LogP contribution in [0, 0.1) is 29.1 Å². The molecule has 3 rings (SSSR count). The Balaban J connectivity index is 1.68. The number of hydrogen-bond donors (Lipinski definition) is 2. The van der Waals surface area contributed by atoms with E-state index in [4.69, 9.17) is 4.74 Å². The number of aliphatic hydroxyl groups excluding tert-OH is 2. The first-order valence-corrected chi connectivity index (χ1v) is 19.6. The maximum absolute atomic E-state index is 14.7. The summed E-state index contributed by atoms with van der Waals surface area (Å²) in [5, 5.41) is 19.7. The number of unbranched alkanes of at least 4 members (excludes halogenated alkanes) is 12. The molecular weight excluding hydrogens is 532 g/mol. The molecule has 3 saturated carbocycles. The van der Waals surface area contributed by atoms with E-state index in [1.54, 1.807) is 0 Å². The van der Waals surface area contributed by atoms with E-state index >= 15 is 0 Å². The zero-order chi connectivity index (χ0) is 30.6. The van der Waals surface area contributed by atoms with Gasteiger partial charge in [0.05, 0.1) is 12.0 Å². The van der Waals surface area contributed by atoms with Gasteiger partial charge in [0.15, 0.2) is 0 Å². The van der Waals surface area contributed by atoms with Gasteiger partial charge in [0.2, 0.25) is 0 Å². The van der Waals surface area contributed by atoms with Crippen molar-refractivity contribution in [2.75, 3.05) is 13.2 Å². The third-order valence-electron chi connectivity index (χ3n) is 12.0. The summed E-state index contributed by atoms with van der Waals surface area (Å²) in [5.74, 6) is 1.87. The van der Waals surface area contributed by atoms with Crippen LogP contribution in [-0.4, -0.2) is 35.5 Å². The van der Waals surface area contributed by atoms with Gasteiger partial charge in [-0.2, -0.15) is 0 Å². The molecule has 0 bridgehead atoms. The Morgan fingerprint density at radius 1 is 0.651 bits per heavy atom. The summed E-state index contributed by atoms with van der Waals surface area (Å²) >= 11 is 0. The van der Waals surface area contributed by atoms with Gasteiger partial charge in [-0.3, -0.25) is 4.79 Å². The van der Waals surface area contributed by atoms with Crippen LogP contribution in [0.1, 0.15) is 193 Å². The fraction of sp³-hybridized carbons (Fsp3) is 0.974. The molecule has 3 aliphatic rings. The largest absolute Gasteiger partial charge is 0.462 e. The van der Waals surface area contributed by atoms with Crippen LogP contribution < -0.4 is 0 Å². The summed E-state index contributed by atoms with van der Waals surface area (Å²) in [6.45, 7) is 1.88. The third-order valence-corrected chi connectivity index (χ3v) is 12.0. The Labute approximate surface area is 266 Å². The van der Waals surface area contributed by atoms with Crippen molar-refractivity contribution < 1.29 is 19.7 Å². The van der Waals surface area contributed by atoms with Gasteiger partial charge in [0.1, 0.15) is 12.7 Å². The average molecular weight is 605 g/mol. The summed E-state index contributed by atoms with van der Waals surface area (Å²) in [7, 11) is 0. The van der Waals surface area contributed by atoms with E-state index in [1.807, 2.05) is 0 Å². The van der Waals surface area contributed by atoms with Gasteiger partial charge in [0.25, 0.3) is 0 Å². The van der Waals surface area contributed by atoms with Crippen molar-refractivity contribution >= 4 is 5.97 Å². The second-order valence-corrected chi connectivity index (χ2v) is 15.1. The molecule has 4 heteroatoms. The van der Waals surface area contributed by atoms with E-state index in [0.717, 1.165) is 25.7 Å². The number of hydrogen-bond acceptors (Lipinski definition) is 4. The Hall–Kier alpha value is -0.610. The molecule has 0 aliphatic heterocycles. The molecule has 0 radical (unpaired) electrons. The van der Waals surface area contributed by atoms with Crippen LogP contribution >= 0.6 is 0 Å². The van der Waals surface area contributed by atoms with Gasteiger partial charge in [-0.1, -0.05) is 161 Å². The highest BCUT2D eigenvalue weighted by molar-refractivity contribution is 5.78. The quantitative estimate of drug-likeness (QED) is 0.0953. The van der Waals surface area contributed by atoms with Crippen molar-refractivity contribution in [1.29, 1.82) is 0 Å². The minimum absolute atomic E-state index is 0.00377. The molecule has 0 aromatic rings. The first-order valence-electron chi connectivity index (χ1n) is 19.6. The van der Waals surface area contributed by atoms with Crippen molar-refractivity contribution in [3.8, 4) is 0 Å². The number of carbonyl (C=O) groups excluding carboxylic acids is 1. The summed E-state index contributed by atoms with van der Waals surface area (Å²) < 4.78 is 6.11. The molecule has 0 heterocycles. The molecule has 0 saturated heterocycles. The summed E-state index contributed by atoms with van der Waals surface area (Å²) in [6.07, 6.45) is 36.7. The molecule has 0 spiro atoms. The SMILES string of the molecule is CCCCCCCCCCCCCCCC(C1CCCCC1)C(C(=O)OCC(O)CO)(C1CCCCC1)C1CCCCC1. The van der Waals surface area contributed by atoms with Gasteiger partial charge >= 0.3 is 5.97 Å². The van der Waals surface area contributed by atoms with Crippen LogP contribution in [0.3, 0.4) is 0 Å². The fourth-order valence-corrected chi connectivity index (χ4v) is 9.72. The van der Waals surface area contributed by atoms with E-state index in [-0.39, 0.29) is 19.2 Å². The molecule has 0 aromatic heterocycles. The number of esters is 1. The van der Waals surface area contributed by atoms with E-state index < -0.39 is 11.5 Å². The van der Waals surface area contributed by atoms with E-state index in [2.05, 4.69) is 6.92 Å². The second kappa shape index (κ2) is 22.0. The summed E-state index contributed by atoms with van der Waals surface area (Å²) in [6, 6.07) is 0. The zero-order valence-electron chi connectivity index (χ0n) is 28.5. The lowest BCUT2D eigenvalue weighted by atomic mass is 9.49. The maximum atomic E-state index is 14.7. The Bertz CT molecular complexity index is 671. The molecule has 2 N–H and O–H groups in total. The zero-order valence-corrected chi connectivity index (χ0v) is 28.5. The van der Waals surface area contributed by atoms with Crippen LogP contribution in [0.4, 0.5) is 0 Å². The standard InChI is InChI=1S/C39H72O4/c1-2-3-4-5-6-7-8-9-10-11-12-13-23-30-37(33-24-17-14-18-25-33)39(34-26-19-15-20-27-34,35-28-21-16-22-29-35)38(42)43-32-36(41)31-40/h33-37,40-41H,2-32H2,1H3. The molecule has 2 unspecified atom stereocenters. The van der Waals surface area contributed by atoms with Crippen LogP contribution in [-0.2, 0) is 9.53 Å². The number of ether oxygens (including phenoxy) is 1. The molecule has 4 nitrogen and oxygen atoms in total. The van der Waals surface area contributed by atoms with E-state index in [0.29, 0.717) is 23.7 Å². The van der Waals surface area contributed by atoms with Crippen molar-refractivity contribution in [2.45, 2.75) is 199 Å². The Kier molecular flexibility index (Phi) is 18.9. The van der Waals surface area contributed by atoms with Crippen LogP contribution in [0.25, 0.3) is 0 Å². The normalized spacial score (nSPS) is 21.1. The first kappa shape index (κ1) is 36.9. The Morgan fingerprint density at radius 3 is 1.51 bits per heavy atom. The maximum Gasteiger partial charge on any atom is 0.313 e. The smallest absolute Gasteiger partial charge is 0.313 e. The summed E-state index contributed by atoms with van der Waals surface area (Å²) in [5.41, 5.74) is -0.408. The monoisotopic (exact) mass is 605 g/mol. The van der Waals surface area contributed by atoms with Crippen LogP contribution in [0.5, 0.6) is 0 Å². The summed E-state index contributed by atoms with van der Waals surface area (Å²) in [4.78, 5) is 14.7. The molecule has 2 atom stereocenters. The highest BCUT2D eigenvalue weighted by atomic mass is 16.5. The number of rotatable bonds is 22. The second-order valence-electron chi connectivity index (χ2n) is 15.1. The topological polar surface area (TPSA) is 66.8 Å². The molecule has 0 aromatic carbocycles. The molecule has 252 valence electrons. The van der Waals surface area contributed by atoms with Gasteiger partial charge in [-0.05, 0) is 55.8 Å². The molecule has 3 aliphatic carbocycles. The molecular formula is C39H72O4. The van der Waals surface area contributed by atoms with Gasteiger partial charge in [0, 0.05) is 0 Å². The van der Waals surface area contributed by atoms with Crippen molar-refractivity contribution in [3.05, 3.63) is 0 Å². The lowest BCUT2D eigenvalue weighted by molar-refractivity contribution is -0.183. The lowest BCUT2D eigenvalue weighted by Gasteiger charge is -2.54. The molecule has 43 heavy (non-hydrogen) atoms. The minimum Gasteiger partial charge on any atom is -0.462 e. The van der Waals surface area contributed by atoms with Gasteiger partial charge in [-0.25, -0.2) is 0 Å².